The monoisotopic (exact) mass is 375 g/mol. The number of benzene rings is 2. The maximum atomic E-state index is 12.7. The van der Waals surface area contributed by atoms with Crippen LogP contribution >= 0.6 is 0 Å². The van der Waals surface area contributed by atoms with Crippen LogP contribution in [-0.2, 0) is 11.4 Å². The van der Waals surface area contributed by atoms with E-state index in [2.05, 4.69) is 15.3 Å². The standard InChI is InChI=1S/C19H16F3N3O2/c1-26-15-6-2-12(3-7-15)11-25-9-8-13-4-5-14(10-16(13)25)17-23-18(27-24-17)19(20,21)22/h2-10,18H,11H2,1H3,(H,23,24). The molecule has 4 rings (SSSR count). The molecule has 8 heteroatoms. The molecule has 1 atom stereocenters. The highest BCUT2D eigenvalue weighted by Gasteiger charge is 2.44. The Morgan fingerprint density at radius 1 is 1.15 bits per heavy atom. The molecule has 0 fully saturated rings. The third kappa shape index (κ3) is 3.48. The summed E-state index contributed by atoms with van der Waals surface area (Å²) in [7, 11) is 1.61. The predicted octanol–water partition coefficient (Wildman–Crippen LogP) is 3.87. The van der Waals surface area contributed by atoms with Crippen molar-refractivity contribution in [2.24, 2.45) is 4.99 Å². The first-order valence-electron chi connectivity index (χ1n) is 8.22. The minimum absolute atomic E-state index is 0.0661. The van der Waals surface area contributed by atoms with Crippen LogP contribution in [0.4, 0.5) is 13.2 Å². The fraction of sp³-hybridized carbons (Fsp3) is 0.211. The number of nitrogens with one attached hydrogen (secondary N) is 1. The maximum absolute atomic E-state index is 12.7. The minimum atomic E-state index is -4.55. The van der Waals surface area contributed by atoms with Crippen LogP contribution in [0, 0.1) is 0 Å². The molecule has 1 unspecified atom stereocenters. The molecule has 0 amide bonds. The Kier molecular flexibility index (Phi) is 4.27. The van der Waals surface area contributed by atoms with Crippen LogP contribution in [0.15, 0.2) is 59.7 Å². The number of amidine groups is 1. The summed E-state index contributed by atoms with van der Waals surface area (Å²) < 4.78 is 45.4. The van der Waals surface area contributed by atoms with Crippen molar-refractivity contribution in [3.8, 4) is 5.75 Å². The molecule has 1 aromatic heterocycles. The number of nitrogens with zero attached hydrogens (tertiary/aromatic N) is 2. The zero-order valence-corrected chi connectivity index (χ0v) is 14.3. The number of hydrogen-bond donors (Lipinski definition) is 1. The summed E-state index contributed by atoms with van der Waals surface area (Å²) in [5.74, 6) is 0.847. The Balaban J connectivity index is 1.63. The van der Waals surface area contributed by atoms with Crippen molar-refractivity contribution in [1.29, 1.82) is 0 Å². The zero-order chi connectivity index (χ0) is 19.0. The molecule has 1 N–H and O–H groups in total. The molecule has 140 valence electrons. The van der Waals surface area contributed by atoms with Gasteiger partial charge in [0.1, 0.15) is 5.75 Å². The van der Waals surface area contributed by atoms with Gasteiger partial charge in [-0.2, -0.15) is 13.2 Å². The summed E-state index contributed by atoms with van der Waals surface area (Å²) in [6, 6.07) is 15.0. The van der Waals surface area contributed by atoms with Crippen molar-refractivity contribution < 1.29 is 22.7 Å². The second-order valence-corrected chi connectivity index (χ2v) is 6.16. The molecule has 2 heterocycles. The van der Waals surface area contributed by atoms with Crippen molar-refractivity contribution in [2.45, 2.75) is 18.9 Å². The van der Waals surface area contributed by atoms with Gasteiger partial charge in [0.05, 0.1) is 7.11 Å². The summed E-state index contributed by atoms with van der Waals surface area (Å²) in [5, 5.41) is 0.985. The Labute approximate surface area is 153 Å². The van der Waals surface area contributed by atoms with Gasteiger partial charge in [0, 0.05) is 23.8 Å². The molecular formula is C19H16F3N3O2. The Bertz CT molecular complexity index is 994. The molecule has 0 radical (unpaired) electrons. The number of alkyl halides is 3. The van der Waals surface area contributed by atoms with E-state index in [0.717, 1.165) is 22.2 Å². The van der Waals surface area contributed by atoms with E-state index in [-0.39, 0.29) is 5.84 Å². The normalized spacial score (nSPS) is 17.0. The molecule has 0 bridgehead atoms. The second-order valence-electron chi connectivity index (χ2n) is 6.16. The summed E-state index contributed by atoms with van der Waals surface area (Å²) in [5.41, 5.74) is 4.78. The lowest BCUT2D eigenvalue weighted by atomic mass is 10.1. The van der Waals surface area contributed by atoms with Gasteiger partial charge in [0.15, 0.2) is 5.84 Å². The van der Waals surface area contributed by atoms with Gasteiger partial charge in [-0.25, -0.2) is 15.3 Å². The average molecular weight is 375 g/mol. The number of hydrogen-bond acceptors (Lipinski definition) is 4. The summed E-state index contributed by atoms with van der Waals surface area (Å²) in [6.07, 6.45) is -4.79. The fourth-order valence-corrected chi connectivity index (χ4v) is 2.95. The lowest BCUT2D eigenvalue weighted by molar-refractivity contribution is -0.220. The smallest absolute Gasteiger partial charge is 0.437 e. The Hall–Kier alpha value is -3.00. The van der Waals surface area contributed by atoms with Gasteiger partial charge in [-0.15, -0.1) is 0 Å². The van der Waals surface area contributed by atoms with E-state index >= 15 is 0 Å². The van der Waals surface area contributed by atoms with E-state index in [1.165, 1.54) is 0 Å². The molecule has 27 heavy (non-hydrogen) atoms. The van der Waals surface area contributed by atoms with Crippen LogP contribution < -0.4 is 10.2 Å². The largest absolute Gasteiger partial charge is 0.497 e. The number of methoxy groups -OCH3 is 1. The lowest BCUT2D eigenvalue weighted by Crippen LogP contribution is -2.29. The predicted molar refractivity (Wildman–Crippen MR) is 94.6 cm³/mol. The molecule has 0 aliphatic carbocycles. The zero-order valence-electron chi connectivity index (χ0n) is 14.3. The van der Waals surface area contributed by atoms with Crippen LogP contribution in [0.1, 0.15) is 11.1 Å². The van der Waals surface area contributed by atoms with Crippen molar-refractivity contribution in [2.75, 3.05) is 7.11 Å². The molecule has 0 saturated carbocycles. The van der Waals surface area contributed by atoms with Crippen LogP contribution in [-0.4, -0.2) is 29.9 Å². The van der Waals surface area contributed by atoms with Crippen LogP contribution in [0.2, 0.25) is 0 Å². The number of rotatable bonds is 4. The topological polar surface area (TPSA) is 47.8 Å². The van der Waals surface area contributed by atoms with E-state index in [1.54, 1.807) is 19.2 Å². The SMILES string of the molecule is COc1ccc(Cn2ccc3ccc(C4=NC(C(F)(F)F)ON4)cc32)cc1. The van der Waals surface area contributed by atoms with E-state index in [9.17, 15) is 13.2 Å². The van der Waals surface area contributed by atoms with E-state index < -0.39 is 12.4 Å². The van der Waals surface area contributed by atoms with Gasteiger partial charge in [-0.05, 0) is 35.2 Å². The molecule has 0 spiro atoms. The highest BCUT2D eigenvalue weighted by Crippen LogP contribution is 2.27. The molecule has 0 saturated heterocycles. The van der Waals surface area contributed by atoms with Crippen molar-refractivity contribution in [1.82, 2.24) is 10.0 Å². The Morgan fingerprint density at radius 2 is 1.93 bits per heavy atom. The molecule has 1 aliphatic rings. The van der Waals surface area contributed by atoms with Gasteiger partial charge < -0.3 is 9.30 Å². The quantitative estimate of drug-likeness (QED) is 0.753. The average Bonchev–Trinajstić information content (AvgIpc) is 3.29. The Morgan fingerprint density at radius 3 is 2.59 bits per heavy atom. The molecule has 1 aliphatic heterocycles. The van der Waals surface area contributed by atoms with Crippen LogP contribution in [0.25, 0.3) is 10.9 Å². The summed E-state index contributed by atoms with van der Waals surface area (Å²) >= 11 is 0. The van der Waals surface area contributed by atoms with E-state index in [4.69, 9.17) is 4.74 Å². The van der Waals surface area contributed by atoms with Gasteiger partial charge in [0.2, 0.25) is 0 Å². The first kappa shape index (κ1) is 17.4. The third-order valence-electron chi connectivity index (χ3n) is 4.35. The molecule has 3 aromatic rings. The van der Waals surface area contributed by atoms with Crippen molar-refractivity contribution in [3.63, 3.8) is 0 Å². The van der Waals surface area contributed by atoms with E-state index in [1.807, 2.05) is 47.2 Å². The molecule has 5 nitrogen and oxygen atoms in total. The maximum Gasteiger partial charge on any atom is 0.437 e. The summed E-state index contributed by atoms with van der Waals surface area (Å²) in [6.45, 7) is 0.624. The van der Waals surface area contributed by atoms with Crippen molar-refractivity contribution >= 4 is 16.7 Å². The fourth-order valence-electron chi connectivity index (χ4n) is 2.95. The lowest BCUT2D eigenvalue weighted by Gasteiger charge is -2.09. The van der Waals surface area contributed by atoms with E-state index in [0.29, 0.717) is 12.1 Å². The number of hydroxylamine groups is 1. The van der Waals surface area contributed by atoms with Gasteiger partial charge in [-0.1, -0.05) is 24.3 Å². The third-order valence-corrected chi connectivity index (χ3v) is 4.35. The number of ether oxygens (including phenoxy) is 1. The van der Waals surface area contributed by atoms with Crippen LogP contribution in [0.3, 0.4) is 0 Å². The highest BCUT2D eigenvalue weighted by atomic mass is 19.4. The first-order chi connectivity index (χ1) is 12.9. The highest BCUT2D eigenvalue weighted by molar-refractivity contribution is 6.01. The summed E-state index contributed by atoms with van der Waals surface area (Å²) in [4.78, 5) is 8.12. The molecular weight excluding hydrogens is 359 g/mol. The number of aromatic nitrogens is 1. The number of halogens is 3. The second kappa shape index (κ2) is 6.62. The van der Waals surface area contributed by atoms with Crippen molar-refractivity contribution in [3.05, 3.63) is 65.9 Å². The van der Waals surface area contributed by atoms with Crippen LogP contribution in [0.5, 0.6) is 5.75 Å². The number of aliphatic imine (C=N–C) groups is 1. The van der Waals surface area contributed by atoms with Gasteiger partial charge in [0.25, 0.3) is 6.23 Å². The number of fused-ring (bicyclic) bond motifs is 1. The van der Waals surface area contributed by atoms with Gasteiger partial charge in [-0.3, -0.25) is 0 Å². The molecule has 2 aromatic carbocycles. The minimum Gasteiger partial charge on any atom is -0.497 e. The first-order valence-corrected chi connectivity index (χ1v) is 8.22. The van der Waals surface area contributed by atoms with Gasteiger partial charge >= 0.3 is 6.18 Å².